The lowest BCUT2D eigenvalue weighted by molar-refractivity contribution is 0.206. The van der Waals surface area contributed by atoms with Crippen LogP contribution in [0.1, 0.15) is 29.8 Å². The first kappa shape index (κ1) is 23.2. The number of amides is 2. The molecule has 5 rings (SSSR count). The zero-order valence-electron chi connectivity index (χ0n) is 18.3. The largest absolute Gasteiger partial charge is 0.457 e. The van der Waals surface area contributed by atoms with Crippen LogP contribution in [0.15, 0.2) is 59.7 Å². The number of halogens is 1. The Balaban J connectivity index is 0.00000274. The van der Waals surface area contributed by atoms with Crippen LogP contribution < -0.4 is 15.4 Å². The summed E-state index contributed by atoms with van der Waals surface area (Å²) < 4.78 is 20.1. The molecular weight excluding hydrogens is 433 g/mol. The molecular formula is C26H28FN5O2. The van der Waals surface area contributed by atoms with Gasteiger partial charge < -0.3 is 20.3 Å². The second-order valence-corrected chi connectivity index (χ2v) is 8.15. The van der Waals surface area contributed by atoms with Crippen LogP contribution in [0.3, 0.4) is 0 Å². The molecule has 0 saturated carbocycles. The molecule has 176 valence electrons. The third-order valence-electron chi connectivity index (χ3n) is 5.72. The van der Waals surface area contributed by atoms with E-state index in [-0.39, 0.29) is 19.1 Å². The summed E-state index contributed by atoms with van der Waals surface area (Å²) in [6.07, 6.45) is 2.42. The van der Waals surface area contributed by atoms with Crippen molar-refractivity contribution in [2.45, 2.75) is 27.3 Å². The zero-order chi connectivity index (χ0) is 22.8. The van der Waals surface area contributed by atoms with Crippen molar-refractivity contribution in [2.24, 2.45) is 4.99 Å². The monoisotopic (exact) mass is 461 g/mol. The van der Waals surface area contributed by atoms with Crippen LogP contribution >= 0.6 is 0 Å². The molecule has 2 amide bonds. The van der Waals surface area contributed by atoms with Gasteiger partial charge in [-0.3, -0.25) is 9.98 Å². The number of hydrogen-bond donors (Lipinski definition) is 2. The normalized spacial score (nSPS) is 14.4. The van der Waals surface area contributed by atoms with Crippen LogP contribution in [0, 0.1) is 12.7 Å². The molecule has 0 spiro atoms. The van der Waals surface area contributed by atoms with Gasteiger partial charge in [0.1, 0.15) is 28.8 Å². The highest BCUT2D eigenvalue weighted by Gasteiger charge is 2.22. The van der Waals surface area contributed by atoms with Crippen LogP contribution in [0.25, 0.3) is 0 Å². The number of rotatable bonds is 4. The average Bonchev–Trinajstić information content (AvgIpc) is 3.36. The number of anilines is 1. The number of carbonyl (C=O) groups is 1. The minimum absolute atomic E-state index is 0. The van der Waals surface area contributed by atoms with Crippen molar-refractivity contribution in [3.05, 3.63) is 82.9 Å². The van der Waals surface area contributed by atoms with Crippen LogP contribution in [0.5, 0.6) is 11.5 Å². The second-order valence-electron chi connectivity index (χ2n) is 8.15. The van der Waals surface area contributed by atoms with E-state index < -0.39 is 5.82 Å². The summed E-state index contributed by atoms with van der Waals surface area (Å²) in [5.41, 5.74) is 4.00. The molecule has 0 radical (unpaired) electrons. The first-order valence-electron chi connectivity index (χ1n) is 10.9. The number of carbonyl (C=O) groups excluding carboxylic acids is 1. The first-order valence-corrected chi connectivity index (χ1v) is 10.9. The maximum Gasteiger partial charge on any atom is 0.322 e. The van der Waals surface area contributed by atoms with Gasteiger partial charge in [-0.25, -0.2) is 9.18 Å². The smallest absolute Gasteiger partial charge is 0.322 e. The van der Waals surface area contributed by atoms with Crippen molar-refractivity contribution >= 4 is 17.6 Å². The molecule has 0 unspecified atom stereocenters. The molecule has 3 heterocycles. The summed E-state index contributed by atoms with van der Waals surface area (Å²) >= 11 is 0. The van der Waals surface area contributed by atoms with E-state index in [1.807, 2.05) is 31.2 Å². The predicted molar refractivity (Wildman–Crippen MR) is 131 cm³/mol. The number of nitrogens with zero attached hydrogens (tertiary/aromatic N) is 3. The molecule has 2 aliphatic rings. The second kappa shape index (κ2) is 9.91. The number of hydrogen-bond acceptors (Lipinski definition) is 5. The maximum atomic E-state index is 14.1. The van der Waals surface area contributed by atoms with E-state index in [0.29, 0.717) is 24.6 Å². The third-order valence-corrected chi connectivity index (χ3v) is 5.72. The lowest BCUT2D eigenvalue weighted by Crippen LogP contribution is -2.39. The van der Waals surface area contributed by atoms with Gasteiger partial charge in [0.2, 0.25) is 0 Å². The summed E-state index contributed by atoms with van der Waals surface area (Å²) in [7, 11) is 0. The summed E-state index contributed by atoms with van der Waals surface area (Å²) in [6, 6.07) is 13.9. The Hall–Kier alpha value is -3.94. The van der Waals surface area contributed by atoms with Crippen LogP contribution in [-0.2, 0) is 13.0 Å². The van der Waals surface area contributed by atoms with Gasteiger partial charge in [0.15, 0.2) is 0 Å². The molecule has 2 N–H and O–H groups in total. The Morgan fingerprint density at radius 3 is 2.79 bits per heavy atom. The molecule has 0 fully saturated rings. The van der Waals surface area contributed by atoms with Crippen molar-refractivity contribution < 1.29 is 13.9 Å². The molecule has 34 heavy (non-hydrogen) atoms. The topological polar surface area (TPSA) is 78.9 Å². The number of aromatic nitrogens is 1. The molecule has 0 aliphatic carbocycles. The molecule has 1 aromatic heterocycles. The lowest BCUT2D eigenvalue weighted by atomic mass is 10.00. The molecule has 2 aliphatic heterocycles. The fourth-order valence-electron chi connectivity index (χ4n) is 4.01. The molecule has 2 aromatic carbocycles. The molecule has 0 atom stereocenters. The Morgan fingerprint density at radius 2 is 1.97 bits per heavy atom. The van der Waals surface area contributed by atoms with Crippen LogP contribution in [0.4, 0.5) is 14.9 Å². The summed E-state index contributed by atoms with van der Waals surface area (Å²) in [4.78, 5) is 23.2. The summed E-state index contributed by atoms with van der Waals surface area (Å²) in [5.74, 6) is 1.67. The molecule has 3 aromatic rings. The minimum Gasteiger partial charge on any atom is -0.457 e. The zero-order valence-corrected chi connectivity index (χ0v) is 18.3. The minimum atomic E-state index is -0.447. The lowest BCUT2D eigenvalue weighted by Gasteiger charge is -2.29. The van der Waals surface area contributed by atoms with Gasteiger partial charge in [0.05, 0.1) is 12.2 Å². The number of ether oxygens (including phenoxy) is 1. The van der Waals surface area contributed by atoms with E-state index in [2.05, 4.69) is 20.6 Å². The average molecular weight is 462 g/mol. The summed E-state index contributed by atoms with van der Waals surface area (Å²) in [5, 5.41) is 5.90. The maximum absolute atomic E-state index is 14.1. The van der Waals surface area contributed by atoms with Gasteiger partial charge in [-0.2, -0.15) is 0 Å². The Bertz CT molecular complexity index is 1240. The number of amidine groups is 1. The van der Waals surface area contributed by atoms with Crippen molar-refractivity contribution in [1.82, 2.24) is 15.2 Å². The Labute approximate surface area is 198 Å². The number of benzene rings is 2. The van der Waals surface area contributed by atoms with Crippen molar-refractivity contribution in [3.8, 4) is 11.5 Å². The molecule has 7 nitrogen and oxygen atoms in total. The fourth-order valence-corrected chi connectivity index (χ4v) is 4.01. The molecule has 0 bridgehead atoms. The van der Waals surface area contributed by atoms with Gasteiger partial charge in [0, 0.05) is 31.9 Å². The van der Waals surface area contributed by atoms with Crippen molar-refractivity contribution in [1.29, 1.82) is 0 Å². The SMILES string of the molecule is C.Cc1ccc(F)c(NC(=O)N2CCc3ccc(Oc4ccnc(C5=NCCN5)c4)cc3C2)c1. The van der Waals surface area contributed by atoms with Crippen molar-refractivity contribution in [3.63, 3.8) is 0 Å². The highest BCUT2D eigenvalue weighted by molar-refractivity contribution is 5.98. The number of fused-ring (bicyclic) bond motifs is 1. The fraction of sp³-hybridized carbons (Fsp3) is 0.269. The van der Waals surface area contributed by atoms with Gasteiger partial charge in [-0.15, -0.1) is 0 Å². The van der Waals surface area contributed by atoms with E-state index in [1.165, 1.54) is 11.6 Å². The summed E-state index contributed by atoms with van der Waals surface area (Å²) in [6.45, 7) is 4.40. The number of pyridine rings is 1. The van der Waals surface area contributed by atoms with Gasteiger partial charge in [-0.1, -0.05) is 19.6 Å². The third kappa shape index (κ3) is 5.01. The number of aliphatic imine (C=N–C) groups is 1. The predicted octanol–water partition coefficient (Wildman–Crippen LogP) is 4.90. The first-order chi connectivity index (χ1) is 16.0. The van der Waals surface area contributed by atoms with E-state index >= 15 is 0 Å². The van der Waals surface area contributed by atoms with Gasteiger partial charge >= 0.3 is 6.03 Å². The van der Waals surface area contributed by atoms with Gasteiger partial charge in [-0.05, 0) is 60.4 Å². The van der Waals surface area contributed by atoms with E-state index in [0.717, 1.165) is 42.2 Å². The van der Waals surface area contributed by atoms with E-state index in [1.54, 1.807) is 29.3 Å². The highest BCUT2D eigenvalue weighted by atomic mass is 19.1. The molecule has 8 heteroatoms. The quantitative estimate of drug-likeness (QED) is 0.579. The standard InChI is InChI=1S/C25H24FN5O2.CH4/c1-16-2-5-21(26)22(12-16)30-25(32)31-11-7-17-3-4-19(13-18(17)15-31)33-20-6-8-27-23(14-20)24-28-9-10-29-24;/h2-6,8,12-14H,7,9-11,15H2,1H3,(H,28,29)(H,30,32);1H4. The van der Waals surface area contributed by atoms with E-state index in [4.69, 9.17) is 4.74 Å². The molecule has 0 saturated heterocycles. The number of urea groups is 1. The van der Waals surface area contributed by atoms with E-state index in [9.17, 15) is 9.18 Å². The number of aryl methyl sites for hydroxylation is 1. The number of nitrogens with one attached hydrogen (secondary N) is 2. The van der Waals surface area contributed by atoms with Gasteiger partial charge in [0.25, 0.3) is 0 Å². The van der Waals surface area contributed by atoms with Crippen LogP contribution in [0.2, 0.25) is 0 Å². The van der Waals surface area contributed by atoms with Crippen LogP contribution in [-0.4, -0.2) is 41.4 Å². The Morgan fingerprint density at radius 1 is 1.12 bits per heavy atom. The highest BCUT2D eigenvalue weighted by Crippen LogP contribution is 2.28. The van der Waals surface area contributed by atoms with Crippen molar-refractivity contribution in [2.75, 3.05) is 25.0 Å². The Kier molecular flexibility index (Phi) is 6.77.